The van der Waals surface area contributed by atoms with E-state index in [1.807, 2.05) is 31.2 Å². The standard InChI is InChI=1S/C20H20Cl2N2O3/c1-14-4-2-3-5-16(14)20(26)24-10-8-23(9-11-24)19(25)13-27-18-7-6-15(21)12-17(18)22/h2-7,12H,8-11,13H2,1H3. The van der Waals surface area contributed by atoms with Gasteiger partial charge in [0.1, 0.15) is 5.75 Å². The van der Waals surface area contributed by atoms with Crippen molar-refractivity contribution in [2.24, 2.45) is 0 Å². The van der Waals surface area contributed by atoms with Crippen LogP contribution in [0.3, 0.4) is 0 Å². The molecule has 0 N–H and O–H groups in total. The topological polar surface area (TPSA) is 49.9 Å². The van der Waals surface area contributed by atoms with Crippen LogP contribution in [0.15, 0.2) is 42.5 Å². The second kappa shape index (κ2) is 8.63. The van der Waals surface area contributed by atoms with E-state index in [9.17, 15) is 9.59 Å². The monoisotopic (exact) mass is 406 g/mol. The molecule has 0 atom stereocenters. The predicted octanol–water partition coefficient (Wildman–Crippen LogP) is 3.67. The molecule has 7 heteroatoms. The Morgan fingerprint density at radius 3 is 2.33 bits per heavy atom. The number of aryl methyl sites for hydroxylation is 1. The van der Waals surface area contributed by atoms with Gasteiger partial charge in [0.2, 0.25) is 0 Å². The van der Waals surface area contributed by atoms with Crippen molar-refractivity contribution >= 4 is 35.0 Å². The average Bonchev–Trinajstić information content (AvgIpc) is 2.67. The minimum atomic E-state index is -0.135. The van der Waals surface area contributed by atoms with Crippen LogP contribution in [0, 0.1) is 6.92 Å². The van der Waals surface area contributed by atoms with E-state index in [1.165, 1.54) is 0 Å². The quantitative estimate of drug-likeness (QED) is 0.777. The maximum atomic E-state index is 12.6. The number of hydrogen-bond acceptors (Lipinski definition) is 3. The Hall–Kier alpha value is -2.24. The lowest BCUT2D eigenvalue weighted by atomic mass is 10.1. The number of carbonyl (C=O) groups excluding carboxylic acids is 2. The van der Waals surface area contributed by atoms with E-state index in [1.54, 1.807) is 28.0 Å². The molecule has 1 aliphatic rings. The van der Waals surface area contributed by atoms with Gasteiger partial charge < -0.3 is 14.5 Å². The highest BCUT2D eigenvalue weighted by atomic mass is 35.5. The van der Waals surface area contributed by atoms with Crippen LogP contribution >= 0.6 is 23.2 Å². The Kier molecular flexibility index (Phi) is 6.24. The summed E-state index contributed by atoms with van der Waals surface area (Å²) in [7, 11) is 0. The molecule has 1 aliphatic heterocycles. The predicted molar refractivity (Wildman–Crippen MR) is 106 cm³/mol. The lowest BCUT2D eigenvalue weighted by Gasteiger charge is -2.35. The van der Waals surface area contributed by atoms with E-state index >= 15 is 0 Å². The fourth-order valence-electron chi connectivity index (χ4n) is 2.97. The van der Waals surface area contributed by atoms with Crippen LogP contribution in [0.4, 0.5) is 0 Å². The van der Waals surface area contributed by atoms with Crippen molar-refractivity contribution in [1.82, 2.24) is 9.80 Å². The smallest absolute Gasteiger partial charge is 0.260 e. The molecule has 2 aromatic carbocycles. The van der Waals surface area contributed by atoms with Gasteiger partial charge in [0, 0.05) is 36.8 Å². The fourth-order valence-corrected chi connectivity index (χ4v) is 3.43. The number of nitrogens with zero attached hydrogens (tertiary/aromatic N) is 2. The summed E-state index contributed by atoms with van der Waals surface area (Å²) < 4.78 is 5.50. The lowest BCUT2D eigenvalue weighted by molar-refractivity contribution is -0.134. The first-order valence-electron chi connectivity index (χ1n) is 8.66. The molecule has 0 aliphatic carbocycles. The summed E-state index contributed by atoms with van der Waals surface area (Å²) in [6, 6.07) is 12.4. The molecule has 0 spiro atoms. The molecule has 1 heterocycles. The van der Waals surface area contributed by atoms with Crippen molar-refractivity contribution in [3.63, 3.8) is 0 Å². The van der Waals surface area contributed by atoms with Crippen LogP contribution in [0.25, 0.3) is 0 Å². The molecule has 2 aromatic rings. The van der Waals surface area contributed by atoms with Crippen molar-refractivity contribution in [3.8, 4) is 5.75 Å². The summed E-state index contributed by atoms with van der Waals surface area (Å²) in [6.07, 6.45) is 0. The molecule has 3 rings (SSSR count). The fraction of sp³-hybridized carbons (Fsp3) is 0.300. The normalized spacial score (nSPS) is 14.2. The maximum absolute atomic E-state index is 12.6. The van der Waals surface area contributed by atoms with E-state index in [-0.39, 0.29) is 18.4 Å². The minimum absolute atomic E-state index is 0.00407. The first-order valence-corrected chi connectivity index (χ1v) is 9.42. The van der Waals surface area contributed by atoms with Crippen LogP contribution in [0.2, 0.25) is 10.0 Å². The highest BCUT2D eigenvalue weighted by Crippen LogP contribution is 2.27. The molecule has 142 valence electrons. The first-order chi connectivity index (χ1) is 13.0. The molecule has 5 nitrogen and oxygen atoms in total. The van der Waals surface area contributed by atoms with Crippen molar-refractivity contribution < 1.29 is 14.3 Å². The number of halogens is 2. The molecule has 0 aromatic heterocycles. The Morgan fingerprint density at radius 2 is 1.67 bits per heavy atom. The zero-order chi connectivity index (χ0) is 19.4. The highest BCUT2D eigenvalue weighted by Gasteiger charge is 2.25. The number of ether oxygens (including phenoxy) is 1. The van der Waals surface area contributed by atoms with Gasteiger partial charge in [-0.15, -0.1) is 0 Å². The summed E-state index contributed by atoms with van der Waals surface area (Å²) in [4.78, 5) is 28.5. The largest absolute Gasteiger partial charge is 0.482 e. The third-order valence-corrected chi connectivity index (χ3v) is 5.07. The second-order valence-corrected chi connectivity index (χ2v) is 7.19. The maximum Gasteiger partial charge on any atom is 0.260 e. The van der Waals surface area contributed by atoms with Crippen molar-refractivity contribution in [1.29, 1.82) is 0 Å². The molecule has 1 fully saturated rings. The molecule has 0 bridgehead atoms. The first kappa shape index (κ1) is 19.5. The summed E-state index contributed by atoms with van der Waals surface area (Å²) in [5, 5.41) is 0.872. The molecule has 1 saturated heterocycles. The zero-order valence-electron chi connectivity index (χ0n) is 15.0. The van der Waals surface area contributed by atoms with Gasteiger partial charge in [-0.25, -0.2) is 0 Å². The molecule has 0 radical (unpaired) electrons. The summed E-state index contributed by atoms with van der Waals surface area (Å²) in [5.41, 5.74) is 1.66. The van der Waals surface area contributed by atoms with E-state index < -0.39 is 0 Å². The lowest BCUT2D eigenvalue weighted by Crippen LogP contribution is -2.51. The minimum Gasteiger partial charge on any atom is -0.482 e. The van der Waals surface area contributed by atoms with Crippen molar-refractivity contribution in [3.05, 3.63) is 63.6 Å². The van der Waals surface area contributed by atoms with Crippen LogP contribution in [-0.4, -0.2) is 54.4 Å². The second-order valence-electron chi connectivity index (χ2n) is 6.35. The van der Waals surface area contributed by atoms with E-state index in [4.69, 9.17) is 27.9 Å². The number of rotatable bonds is 4. The number of hydrogen-bond donors (Lipinski definition) is 0. The SMILES string of the molecule is Cc1ccccc1C(=O)N1CCN(C(=O)COc2ccc(Cl)cc2Cl)CC1. The molecule has 0 saturated carbocycles. The van der Waals surface area contributed by atoms with Gasteiger partial charge in [-0.05, 0) is 36.8 Å². The number of piperazine rings is 1. The molecular formula is C20H20Cl2N2O3. The third-order valence-electron chi connectivity index (χ3n) is 4.54. The van der Waals surface area contributed by atoms with Crippen LogP contribution in [0.5, 0.6) is 5.75 Å². The van der Waals surface area contributed by atoms with Gasteiger partial charge in [-0.2, -0.15) is 0 Å². The van der Waals surface area contributed by atoms with E-state index in [0.29, 0.717) is 47.5 Å². The van der Waals surface area contributed by atoms with E-state index in [0.717, 1.165) is 5.56 Å². The molecule has 2 amide bonds. The average molecular weight is 407 g/mol. The van der Waals surface area contributed by atoms with Crippen LogP contribution < -0.4 is 4.74 Å². The Morgan fingerprint density at radius 1 is 1.00 bits per heavy atom. The molecule has 0 unspecified atom stereocenters. The summed E-state index contributed by atoms with van der Waals surface area (Å²) in [5.74, 6) is 0.288. The van der Waals surface area contributed by atoms with Gasteiger partial charge in [0.15, 0.2) is 6.61 Å². The van der Waals surface area contributed by atoms with E-state index in [2.05, 4.69) is 0 Å². The number of amides is 2. The highest BCUT2D eigenvalue weighted by molar-refractivity contribution is 6.35. The summed E-state index contributed by atoms with van der Waals surface area (Å²) in [6.45, 7) is 3.78. The van der Waals surface area contributed by atoms with Gasteiger partial charge >= 0.3 is 0 Å². The van der Waals surface area contributed by atoms with Gasteiger partial charge in [0.25, 0.3) is 11.8 Å². The summed E-state index contributed by atoms with van der Waals surface area (Å²) >= 11 is 11.9. The van der Waals surface area contributed by atoms with Gasteiger partial charge in [-0.3, -0.25) is 9.59 Å². The third kappa shape index (κ3) is 4.73. The zero-order valence-corrected chi connectivity index (χ0v) is 16.5. The van der Waals surface area contributed by atoms with Crippen LogP contribution in [0.1, 0.15) is 15.9 Å². The van der Waals surface area contributed by atoms with Crippen LogP contribution in [-0.2, 0) is 4.79 Å². The number of benzene rings is 2. The Labute approximate surface area is 168 Å². The van der Waals surface area contributed by atoms with Gasteiger partial charge in [0.05, 0.1) is 5.02 Å². The molecule has 27 heavy (non-hydrogen) atoms. The molecular weight excluding hydrogens is 387 g/mol. The van der Waals surface area contributed by atoms with Crippen molar-refractivity contribution in [2.75, 3.05) is 32.8 Å². The van der Waals surface area contributed by atoms with Crippen molar-refractivity contribution in [2.45, 2.75) is 6.92 Å². The Balaban J connectivity index is 1.52. The van der Waals surface area contributed by atoms with Gasteiger partial charge in [-0.1, -0.05) is 41.4 Å². The Bertz CT molecular complexity index is 849. The number of carbonyl (C=O) groups is 2.